The van der Waals surface area contributed by atoms with Crippen LogP contribution in [0, 0.1) is 0 Å². The highest BCUT2D eigenvalue weighted by atomic mass is 16.5. The smallest absolute Gasteiger partial charge is 0.318 e. The summed E-state index contributed by atoms with van der Waals surface area (Å²) in [6.45, 7) is 1.90. The second-order valence-electron chi connectivity index (χ2n) is 5.85. The summed E-state index contributed by atoms with van der Waals surface area (Å²) in [6.07, 6.45) is 5.36. The van der Waals surface area contributed by atoms with Gasteiger partial charge in [0, 0.05) is 18.5 Å². The molecule has 3 rings (SSSR count). The van der Waals surface area contributed by atoms with E-state index in [2.05, 4.69) is 18.0 Å². The minimum Gasteiger partial charge on any atom is -0.431 e. The summed E-state index contributed by atoms with van der Waals surface area (Å²) in [6, 6.07) is 10.8. The second kappa shape index (κ2) is 5.41. The van der Waals surface area contributed by atoms with Crippen molar-refractivity contribution in [2.75, 3.05) is 7.05 Å². The van der Waals surface area contributed by atoms with Gasteiger partial charge in [0.2, 0.25) is 0 Å². The van der Waals surface area contributed by atoms with Crippen LogP contribution in [0.25, 0.3) is 0 Å². The van der Waals surface area contributed by atoms with Crippen molar-refractivity contribution in [1.29, 1.82) is 0 Å². The molecule has 0 spiro atoms. The van der Waals surface area contributed by atoms with Gasteiger partial charge in [0.25, 0.3) is 0 Å². The van der Waals surface area contributed by atoms with Crippen molar-refractivity contribution < 1.29 is 9.53 Å². The molecule has 0 aliphatic carbocycles. The molecule has 0 saturated carbocycles. The van der Waals surface area contributed by atoms with Gasteiger partial charge < -0.3 is 4.74 Å². The molecule has 3 nitrogen and oxygen atoms in total. The fourth-order valence-corrected chi connectivity index (χ4v) is 3.17. The lowest BCUT2D eigenvalue weighted by Crippen LogP contribution is -2.35. The van der Waals surface area contributed by atoms with Crippen LogP contribution in [0.3, 0.4) is 0 Å². The van der Waals surface area contributed by atoms with Crippen LogP contribution < -0.4 is 0 Å². The van der Waals surface area contributed by atoms with E-state index < -0.39 is 0 Å². The van der Waals surface area contributed by atoms with Gasteiger partial charge in [-0.15, -0.1) is 0 Å². The summed E-state index contributed by atoms with van der Waals surface area (Å²) >= 11 is 0. The van der Waals surface area contributed by atoms with Crippen molar-refractivity contribution >= 4 is 5.97 Å². The number of ether oxygens (including phenoxy) is 1. The molecule has 3 unspecified atom stereocenters. The molecular formula is C17H21NO2. The highest BCUT2D eigenvalue weighted by Crippen LogP contribution is 2.34. The minimum absolute atomic E-state index is 0.147. The Kier molecular flexibility index (Phi) is 3.62. The van der Waals surface area contributed by atoms with Crippen molar-refractivity contribution in [3.05, 3.63) is 47.7 Å². The lowest BCUT2D eigenvalue weighted by atomic mass is 10.0. The van der Waals surface area contributed by atoms with E-state index in [0.29, 0.717) is 12.1 Å². The Labute approximate surface area is 120 Å². The Morgan fingerprint density at radius 3 is 2.75 bits per heavy atom. The largest absolute Gasteiger partial charge is 0.431 e. The molecule has 0 amide bonds. The highest BCUT2D eigenvalue weighted by molar-refractivity contribution is 5.78. The van der Waals surface area contributed by atoms with Crippen LogP contribution in [0.5, 0.6) is 0 Å². The molecule has 0 N–H and O–H groups in total. The topological polar surface area (TPSA) is 29.5 Å². The van der Waals surface area contributed by atoms with Gasteiger partial charge >= 0.3 is 5.97 Å². The maximum atomic E-state index is 12.3. The van der Waals surface area contributed by atoms with Gasteiger partial charge in [0.15, 0.2) is 0 Å². The van der Waals surface area contributed by atoms with Crippen LogP contribution in [0.4, 0.5) is 0 Å². The monoisotopic (exact) mass is 271 g/mol. The molecule has 2 bridgehead atoms. The van der Waals surface area contributed by atoms with E-state index in [-0.39, 0.29) is 11.9 Å². The highest BCUT2D eigenvalue weighted by Gasteiger charge is 2.35. The van der Waals surface area contributed by atoms with Crippen molar-refractivity contribution in [1.82, 2.24) is 4.90 Å². The van der Waals surface area contributed by atoms with Crippen LogP contribution in [0.15, 0.2) is 42.2 Å². The summed E-state index contributed by atoms with van der Waals surface area (Å²) < 4.78 is 5.63. The molecule has 3 heteroatoms. The number of fused-ring (bicyclic) bond motifs is 2. The Balaban J connectivity index is 1.67. The maximum Gasteiger partial charge on any atom is 0.318 e. The number of hydrogen-bond acceptors (Lipinski definition) is 3. The van der Waals surface area contributed by atoms with Gasteiger partial charge in [0.05, 0.1) is 5.92 Å². The SMILES string of the molecule is CC(C(=O)OC1=CC2CCC(C1)N2C)c1ccccc1. The molecule has 2 aliphatic rings. The third kappa shape index (κ3) is 2.50. The Bertz CT molecular complexity index is 523. The summed E-state index contributed by atoms with van der Waals surface area (Å²) in [4.78, 5) is 14.6. The van der Waals surface area contributed by atoms with Gasteiger partial charge in [0.1, 0.15) is 5.76 Å². The first-order valence-corrected chi connectivity index (χ1v) is 7.34. The third-order valence-electron chi connectivity index (χ3n) is 4.59. The van der Waals surface area contributed by atoms with Gasteiger partial charge in [-0.3, -0.25) is 9.69 Å². The number of carbonyl (C=O) groups excluding carboxylic acids is 1. The molecule has 1 fully saturated rings. The molecule has 20 heavy (non-hydrogen) atoms. The summed E-state index contributed by atoms with van der Waals surface area (Å²) in [7, 11) is 2.16. The van der Waals surface area contributed by atoms with Gasteiger partial charge in [-0.25, -0.2) is 0 Å². The summed E-state index contributed by atoms with van der Waals surface area (Å²) in [5, 5.41) is 0. The fraction of sp³-hybridized carbons (Fsp3) is 0.471. The van der Waals surface area contributed by atoms with Crippen molar-refractivity contribution in [3.8, 4) is 0 Å². The van der Waals surface area contributed by atoms with Crippen LogP contribution in [0.2, 0.25) is 0 Å². The molecule has 0 radical (unpaired) electrons. The van der Waals surface area contributed by atoms with E-state index in [1.54, 1.807) is 0 Å². The average molecular weight is 271 g/mol. The maximum absolute atomic E-state index is 12.3. The van der Waals surface area contributed by atoms with Crippen LogP contribution in [-0.4, -0.2) is 30.0 Å². The third-order valence-corrected chi connectivity index (χ3v) is 4.59. The predicted octanol–water partition coefficient (Wildman–Crippen LogP) is 3.08. The Hall–Kier alpha value is -1.61. The lowest BCUT2D eigenvalue weighted by Gasteiger charge is -2.29. The molecule has 2 aliphatic heterocycles. The average Bonchev–Trinajstić information content (AvgIpc) is 2.69. The number of esters is 1. The predicted molar refractivity (Wildman–Crippen MR) is 78.2 cm³/mol. The number of rotatable bonds is 3. The number of nitrogens with zero attached hydrogens (tertiary/aromatic N) is 1. The summed E-state index contributed by atoms with van der Waals surface area (Å²) in [5.74, 6) is 0.504. The van der Waals surface area contributed by atoms with E-state index in [0.717, 1.165) is 17.7 Å². The zero-order valence-electron chi connectivity index (χ0n) is 12.1. The molecule has 1 aromatic carbocycles. The number of carbonyl (C=O) groups is 1. The van der Waals surface area contributed by atoms with E-state index in [1.165, 1.54) is 12.8 Å². The van der Waals surface area contributed by atoms with Crippen LogP contribution in [-0.2, 0) is 9.53 Å². The number of likely N-dealkylation sites (N-methyl/N-ethyl adjacent to an activating group) is 1. The zero-order chi connectivity index (χ0) is 14.1. The molecule has 0 aromatic heterocycles. The van der Waals surface area contributed by atoms with E-state index in [1.807, 2.05) is 37.3 Å². The molecule has 1 saturated heterocycles. The molecule has 1 aromatic rings. The molecular weight excluding hydrogens is 250 g/mol. The van der Waals surface area contributed by atoms with Gasteiger partial charge in [-0.2, -0.15) is 0 Å². The molecule has 2 heterocycles. The van der Waals surface area contributed by atoms with Crippen molar-refractivity contribution in [2.24, 2.45) is 0 Å². The standard InChI is InChI=1S/C17H21NO2/c1-12(13-6-4-3-5-7-13)17(19)20-16-10-14-8-9-15(11-16)18(14)2/h3-7,10,12,14-15H,8-9,11H2,1-2H3. The number of hydrogen-bond donors (Lipinski definition) is 0. The van der Waals surface area contributed by atoms with Gasteiger partial charge in [-0.05, 0) is 38.5 Å². The number of benzene rings is 1. The Morgan fingerprint density at radius 1 is 1.30 bits per heavy atom. The normalized spacial score (nSPS) is 27.0. The molecule has 3 atom stereocenters. The van der Waals surface area contributed by atoms with Crippen molar-refractivity contribution in [3.63, 3.8) is 0 Å². The first-order chi connectivity index (χ1) is 9.65. The van der Waals surface area contributed by atoms with E-state index >= 15 is 0 Å². The van der Waals surface area contributed by atoms with Crippen LogP contribution in [0.1, 0.15) is 37.7 Å². The first-order valence-electron chi connectivity index (χ1n) is 7.34. The Morgan fingerprint density at radius 2 is 2.05 bits per heavy atom. The quantitative estimate of drug-likeness (QED) is 0.791. The zero-order valence-corrected chi connectivity index (χ0v) is 12.1. The van der Waals surface area contributed by atoms with Crippen molar-refractivity contribution in [2.45, 2.75) is 44.2 Å². The first kappa shape index (κ1) is 13.4. The van der Waals surface area contributed by atoms with E-state index in [9.17, 15) is 4.79 Å². The lowest BCUT2D eigenvalue weighted by molar-refractivity contribution is -0.141. The second-order valence-corrected chi connectivity index (χ2v) is 5.85. The van der Waals surface area contributed by atoms with E-state index in [4.69, 9.17) is 4.74 Å². The fourth-order valence-electron chi connectivity index (χ4n) is 3.17. The van der Waals surface area contributed by atoms with Crippen LogP contribution >= 0.6 is 0 Å². The minimum atomic E-state index is -0.214. The summed E-state index contributed by atoms with van der Waals surface area (Å²) in [5.41, 5.74) is 1.01. The molecule has 106 valence electrons. The van der Waals surface area contributed by atoms with Gasteiger partial charge in [-0.1, -0.05) is 30.3 Å².